The molecule has 1 aliphatic carbocycles. The van der Waals surface area contributed by atoms with Crippen molar-refractivity contribution in [2.75, 3.05) is 0 Å². The highest BCUT2D eigenvalue weighted by Gasteiger charge is 2.16. The molecule has 3 heteroatoms. The van der Waals surface area contributed by atoms with Gasteiger partial charge < -0.3 is 0 Å². The summed E-state index contributed by atoms with van der Waals surface area (Å²) in [6.45, 7) is 0. The first-order chi connectivity index (χ1) is 6.25. The zero-order valence-corrected chi connectivity index (χ0v) is 7.00. The van der Waals surface area contributed by atoms with Crippen molar-refractivity contribution in [2.24, 2.45) is 0 Å². The van der Waals surface area contributed by atoms with Crippen molar-refractivity contribution in [1.82, 2.24) is 4.98 Å². The minimum absolute atomic E-state index is 0.424. The Kier molecular flexibility index (Phi) is 2.08. The number of nitrogens with zero attached hydrogens (tertiary/aromatic N) is 1. The molecule has 1 aliphatic rings. The molecule has 1 aromatic rings. The minimum Gasteiger partial charge on any atom is -0.247 e. The van der Waals surface area contributed by atoms with Crippen molar-refractivity contribution in [3.63, 3.8) is 0 Å². The van der Waals surface area contributed by atoms with Crippen LogP contribution in [-0.4, -0.2) is 11.2 Å². The molecular weight excluding hydrogens is 172 g/mol. The molecule has 2 rings (SSSR count). The summed E-state index contributed by atoms with van der Waals surface area (Å²) >= 11 is 0. The van der Waals surface area contributed by atoms with Crippen LogP contribution in [0, 0.1) is 5.95 Å². The van der Waals surface area contributed by atoms with Gasteiger partial charge in [0.15, 0.2) is 0 Å². The molecule has 1 nitrogen and oxygen atoms in total. The average Bonchev–Trinajstić information content (AvgIpc) is 2.53. The molecule has 0 aromatic carbocycles. The topological polar surface area (TPSA) is 12.9 Å². The zero-order chi connectivity index (χ0) is 9.26. The highest BCUT2D eigenvalue weighted by Crippen LogP contribution is 2.29. The largest absolute Gasteiger partial charge is 0.247 e. The molecule has 68 valence electrons. The van der Waals surface area contributed by atoms with Gasteiger partial charge in [0.25, 0.3) is 0 Å². The lowest BCUT2D eigenvalue weighted by Gasteiger charge is -2.01. The summed E-state index contributed by atoms with van der Waals surface area (Å²) in [5, 5.41) is 0. The second kappa shape index (κ2) is 3.24. The van der Waals surface area contributed by atoms with Crippen LogP contribution in [0.5, 0.6) is 0 Å². The van der Waals surface area contributed by atoms with Crippen LogP contribution >= 0.6 is 0 Å². The molecule has 1 atom stereocenters. The first-order valence-electron chi connectivity index (χ1n) is 4.21. The molecule has 13 heavy (non-hydrogen) atoms. The Hall–Kier alpha value is -1.25. The number of halogens is 2. The molecule has 1 aromatic heterocycles. The van der Waals surface area contributed by atoms with Gasteiger partial charge in [-0.1, -0.05) is 6.08 Å². The van der Waals surface area contributed by atoms with E-state index in [2.05, 4.69) is 4.98 Å². The van der Waals surface area contributed by atoms with Gasteiger partial charge in [-0.25, -0.2) is 9.37 Å². The number of hydrogen-bond acceptors (Lipinski definition) is 1. The number of allylic oxidation sites excluding steroid dienone is 2. The van der Waals surface area contributed by atoms with Gasteiger partial charge in [-0.05, 0) is 29.7 Å². The van der Waals surface area contributed by atoms with Crippen LogP contribution in [0.3, 0.4) is 0 Å². The number of pyridine rings is 1. The maximum absolute atomic E-state index is 12.8. The molecule has 0 saturated heterocycles. The monoisotopic (exact) mass is 181 g/mol. The molecule has 0 N–H and O–H groups in total. The number of alkyl halides is 1. The molecule has 1 unspecified atom stereocenters. The first kappa shape index (κ1) is 8.35. The van der Waals surface area contributed by atoms with Gasteiger partial charge in [0.05, 0.1) is 0 Å². The average molecular weight is 181 g/mol. The SMILES string of the molecule is Fc1ccc(C2=CCC(F)C2)cn1. The Bertz CT molecular complexity index is 329. The van der Waals surface area contributed by atoms with E-state index in [9.17, 15) is 8.78 Å². The van der Waals surface area contributed by atoms with Gasteiger partial charge in [-0.3, -0.25) is 0 Å². The summed E-state index contributed by atoms with van der Waals surface area (Å²) in [4.78, 5) is 3.52. The van der Waals surface area contributed by atoms with Gasteiger partial charge in [-0.2, -0.15) is 4.39 Å². The van der Waals surface area contributed by atoms with Crippen molar-refractivity contribution in [1.29, 1.82) is 0 Å². The molecule has 0 bridgehead atoms. The van der Waals surface area contributed by atoms with Crippen molar-refractivity contribution < 1.29 is 8.78 Å². The quantitative estimate of drug-likeness (QED) is 0.607. The normalized spacial score (nSPS) is 21.7. The number of aromatic nitrogens is 1. The second-order valence-electron chi connectivity index (χ2n) is 3.14. The lowest BCUT2D eigenvalue weighted by molar-refractivity contribution is 0.355. The van der Waals surface area contributed by atoms with Gasteiger partial charge in [-0.15, -0.1) is 0 Å². The van der Waals surface area contributed by atoms with Gasteiger partial charge in [0.1, 0.15) is 6.17 Å². The fourth-order valence-corrected chi connectivity index (χ4v) is 1.48. The Morgan fingerprint density at radius 1 is 1.38 bits per heavy atom. The molecule has 0 spiro atoms. The number of hydrogen-bond donors (Lipinski definition) is 0. The smallest absolute Gasteiger partial charge is 0.212 e. The lowest BCUT2D eigenvalue weighted by atomic mass is 10.1. The molecular formula is C10H9F2N. The van der Waals surface area contributed by atoms with Crippen LogP contribution in [0.4, 0.5) is 8.78 Å². The summed E-state index contributed by atoms with van der Waals surface area (Å²) < 4.78 is 25.2. The molecule has 1 heterocycles. The Labute approximate surface area is 75.1 Å². The third-order valence-electron chi connectivity index (χ3n) is 2.16. The maximum Gasteiger partial charge on any atom is 0.212 e. The minimum atomic E-state index is -0.778. The van der Waals surface area contributed by atoms with Crippen molar-refractivity contribution >= 4 is 5.57 Å². The number of rotatable bonds is 1. The van der Waals surface area contributed by atoms with Gasteiger partial charge in [0, 0.05) is 12.6 Å². The van der Waals surface area contributed by atoms with Crippen LogP contribution < -0.4 is 0 Å². The predicted octanol–water partition coefficient (Wildman–Crippen LogP) is 2.74. The molecule has 0 aliphatic heterocycles. The van der Waals surface area contributed by atoms with E-state index in [0.29, 0.717) is 12.8 Å². The van der Waals surface area contributed by atoms with E-state index >= 15 is 0 Å². The summed E-state index contributed by atoms with van der Waals surface area (Å²) in [5.41, 5.74) is 1.75. The van der Waals surface area contributed by atoms with E-state index in [1.807, 2.05) is 6.08 Å². The Morgan fingerprint density at radius 2 is 2.23 bits per heavy atom. The van der Waals surface area contributed by atoms with Crippen LogP contribution in [0.2, 0.25) is 0 Å². The van der Waals surface area contributed by atoms with Crippen LogP contribution in [0.25, 0.3) is 5.57 Å². The third kappa shape index (κ3) is 1.74. The molecule has 0 radical (unpaired) electrons. The maximum atomic E-state index is 12.8. The first-order valence-corrected chi connectivity index (χ1v) is 4.21. The highest BCUT2D eigenvalue weighted by atomic mass is 19.1. The molecule has 0 fully saturated rings. The summed E-state index contributed by atoms with van der Waals surface area (Å²) in [7, 11) is 0. The second-order valence-corrected chi connectivity index (χ2v) is 3.14. The van der Waals surface area contributed by atoms with E-state index in [-0.39, 0.29) is 0 Å². The predicted molar refractivity (Wildman–Crippen MR) is 46.3 cm³/mol. The van der Waals surface area contributed by atoms with E-state index < -0.39 is 12.1 Å². The fraction of sp³-hybridized carbons (Fsp3) is 0.300. The summed E-state index contributed by atoms with van der Waals surface area (Å²) in [6.07, 6.45) is 3.40. The molecule has 0 saturated carbocycles. The van der Waals surface area contributed by atoms with Crippen LogP contribution in [0.15, 0.2) is 24.4 Å². The highest BCUT2D eigenvalue weighted by molar-refractivity contribution is 5.67. The lowest BCUT2D eigenvalue weighted by Crippen LogP contribution is -1.92. The van der Waals surface area contributed by atoms with Crippen molar-refractivity contribution in [2.45, 2.75) is 19.0 Å². The van der Waals surface area contributed by atoms with Crippen LogP contribution in [-0.2, 0) is 0 Å². The van der Waals surface area contributed by atoms with E-state index in [0.717, 1.165) is 11.1 Å². The molecule has 0 amide bonds. The van der Waals surface area contributed by atoms with E-state index in [1.165, 1.54) is 12.3 Å². The fourth-order valence-electron chi connectivity index (χ4n) is 1.48. The van der Waals surface area contributed by atoms with Crippen molar-refractivity contribution in [3.8, 4) is 0 Å². The summed E-state index contributed by atoms with van der Waals surface area (Å²) in [5.74, 6) is -0.501. The Morgan fingerprint density at radius 3 is 2.77 bits per heavy atom. The van der Waals surface area contributed by atoms with Gasteiger partial charge in [0.2, 0.25) is 5.95 Å². The van der Waals surface area contributed by atoms with Gasteiger partial charge >= 0.3 is 0 Å². The third-order valence-corrected chi connectivity index (χ3v) is 2.16. The standard InChI is InChI=1S/C10H9F2N/c11-9-3-1-7(5-9)8-2-4-10(12)13-6-8/h1-2,4,6,9H,3,5H2. The van der Waals surface area contributed by atoms with Crippen molar-refractivity contribution in [3.05, 3.63) is 35.9 Å². The van der Waals surface area contributed by atoms with Crippen LogP contribution in [0.1, 0.15) is 18.4 Å². The van der Waals surface area contributed by atoms with E-state index in [1.54, 1.807) is 6.07 Å². The Balaban J connectivity index is 2.22. The zero-order valence-electron chi connectivity index (χ0n) is 7.00. The van der Waals surface area contributed by atoms with E-state index in [4.69, 9.17) is 0 Å². The summed E-state index contributed by atoms with van der Waals surface area (Å²) in [6, 6.07) is 2.92.